The summed E-state index contributed by atoms with van der Waals surface area (Å²) in [6.45, 7) is 12.1. The number of piperazine rings is 1. The summed E-state index contributed by atoms with van der Waals surface area (Å²) >= 11 is 0. The molecule has 1 aliphatic rings. The van der Waals surface area contributed by atoms with E-state index in [2.05, 4.69) is 60.8 Å². The van der Waals surface area contributed by atoms with Crippen LogP contribution in [0.1, 0.15) is 33.4 Å². The Kier molecular flexibility index (Phi) is 3.10. The monoisotopic (exact) mass is 272 g/mol. The van der Waals surface area contributed by atoms with E-state index in [1.165, 1.54) is 0 Å². The molecule has 3 rings (SSSR count). The van der Waals surface area contributed by atoms with Crippen LogP contribution in [0.25, 0.3) is 5.65 Å². The first-order chi connectivity index (χ1) is 9.36. The molecule has 3 heterocycles. The number of nitrogens with zero attached hydrogens (tertiary/aromatic N) is 3. The highest BCUT2D eigenvalue weighted by Crippen LogP contribution is 2.25. The van der Waals surface area contributed by atoms with Gasteiger partial charge in [0.15, 0.2) is 0 Å². The Bertz CT molecular complexity index is 579. The number of rotatable bonds is 2. The molecule has 0 aromatic carbocycles. The van der Waals surface area contributed by atoms with Gasteiger partial charge in [-0.2, -0.15) is 0 Å². The predicted octanol–water partition coefficient (Wildman–Crippen LogP) is 2.30. The molecule has 0 saturated carbocycles. The predicted molar refractivity (Wildman–Crippen MR) is 81.8 cm³/mol. The van der Waals surface area contributed by atoms with Crippen molar-refractivity contribution in [2.75, 3.05) is 13.1 Å². The number of pyridine rings is 1. The minimum atomic E-state index is 0.158. The van der Waals surface area contributed by atoms with Crippen LogP contribution in [0.3, 0.4) is 0 Å². The molecule has 1 saturated heterocycles. The van der Waals surface area contributed by atoms with Crippen LogP contribution in [0, 0.1) is 0 Å². The van der Waals surface area contributed by atoms with E-state index < -0.39 is 0 Å². The van der Waals surface area contributed by atoms with Gasteiger partial charge in [0.2, 0.25) is 0 Å². The third kappa shape index (κ3) is 2.58. The van der Waals surface area contributed by atoms with E-state index in [0.29, 0.717) is 0 Å². The summed E-state index contributed by atoms with van der Waals surface area (Å²) in [6, 6.07) is 6.12. The summed E-state index contributed by atoms with van der Waals surface area (Å²) in [7, 11) is 0. The molecule has 1 aliphatic heterocycles. The minimum Gasteiger partial charge on any atom is -0.309 e. The molecular formula is C16H24N4. The fourth-order valence-corrected chi connectivity index (χ4v) is 2.84. The first kappa shape index (κ1) is 13.6. The molecular weight excluding hydrogens is 248 g/mol. The first-order valence-corrected chi connectivity index (χ1v) is 7.28. The highest BCUT2D eigenvalue weighted by molar-refractivity contribution is 5.39. The molecule has 20 heavy (non-hydrogen) atoms. The van der Waals surface area contributed by atoms with Crippen molar-refractivity contribution >= 4 is 5.65 Å². The van der Waals surface area contributed by atoms with Gasteiger partial charge in [-0.15, -0.1) is 0 Å². The van der Waals surface area contributed by atoms with E-state index in [4.69, 9.17) is 4.98 Å². The fourth-order valence-electron chi connectivity index (χ4n) is 2.84. The maximum atomic E-state index is 4.72. The molecule has 4 heteroatoms. The van der Waals surface area contributed by atoms with Gasteiger partial charge < -0.3 is 9.72 Å². The summed E-state index contributed by atoms with van der Waals surface area (Å²) in [4.78, 5) is 7.25. The van der Waals surface area contributed by atoms with Crippen molar-refractivity contribution in [2.24, 2.45) is 0 Å². The largest absolute Gasteiger partial charge is 0.309 e. The topological polar surface area (TPSA) is 32.6 Å². The fraction of sp³-hybridized carbons (Fsp3) is 0.562. The molecule has 0 radical (unpaired) electrons. The third-order valence-corrected chi connectivity index (χ3v) is 4.21. The van der Waals surface area contributed by atoms with Crippen molar-refractivity contribution in [3.63, 3.8) is 0 Å². The Morgan fingerprint density at radius 3 is 2.80 bits per heavy atom. The molecule has 1 N–H and O–H groups in total. The van der Waals surface area contributed by atoms with Crippen molar-refractivity contribution in [3.05, 3.63) is 36.3 Å². The normalized spacial score (nSPS) is 22.2. The average molecular weight is 272 g/mol. The molecule has 0 bridgehead atoms. The second-order valence-corrected chi connectivity index (χ2v) is 7.10. The van der Waals surface area contributed by atoms with E-state index in [0.717, 1.165) is 31.0 Å². The standard InChI is InChI=1S/C16H24N4/c1-15(2)12-20(16(3,4)11-17-15)10-13-9-19-8-6-5-7-14(19)18-13/h5-9,17H,10-12H2,1-4H3. The summed E-state index contributed by atoms with van der Waals surface area (Å²) < 4.78 is 2.09. The molecule has 0 aliphatic carbocycles. The molecule has 0 amide bonds. The van der Waals surface area contributed by atoms with Crippen LogP contribution in [0.2, 0.25) is 0 Å². The summed E-state index contributed by atoms with van der Waals surface area (Å²) in [5.74, 6) is 0. The van der Waals surface area contributed by atoms with Gasteiger partial charge in [0.05, 0.1) is 5.69 Å². The first-order valence-electron chi connectivity index (χ1n) is 7.28. The number of hydrogen-bond acceptors (Lipinski definition) is 3. The molecule has 2 aromatic heterocycles. The van der Waals surface area contributed by atoms with Gasteiger partial charge in [-0.05, 0) is 39.8 Å². The molecule has 2 aromatic rings. The van der Waals surface area contributed by atoms with Crippen molar-refractivity contribution in [3.8, 4) is 0 Å². The Morgan fingerprint density at radius 1 is 1.25 bits per heavy atom. The lowest BCUT2D eigenvalue weighted by atomic mass is 9.91. The summed E-state index contributed by atoms with van der Waals surface area (Å²) in [5.41, 5.74) is 2.48. The molecule has 0 atom stereocenters. The van der Waals surface area contributed by atoms with Crippen LogP contribution < -0.4 is 5.32 Å². The summed E-state index contributed by atoms with van der Waals surface area (Å²) in [5, 5.41) is 3.62. The number of hydrogen-bond donors (Lipinski definition) is 1. The lowest BCUT2D eigenvalue weighted by molar-refractivity contribution is 0.0315. The van der Waals surface area contributed by atoms with Gasteiger partial charge in [-0.3, -0.25) is 4.90 Å². The van der Waals surface area contributed by atoms with E-state index >= 15 is 0 Å². The number of aromatic nitrogens is 2. The second kappa shape index (κ2) is 4.57. The maximum absolute atomic E-state index is 4.72. The van der Waals surface area contributed by atoms with Crippen LogP contribution in [-0.2, 0) is 6.54 Å². The van der Waals surface area contributed by atoms with E-state index in [1.807, 2.05) is 12.1 Å². The smallest absolute Gasteiger partial charge is 0.137 e. The SMILES string of the molecule is CC1(C)CN(Cc2cn3ccccc3n2)C(C)(C)CN1. The second-order valence-electron chi connectivity index (χ2n) is 7.10. The Morgan fingerprint density at radius 2 is 2.05 bits per heavy atom. The number of fused-ring (bicyclic) bond motifs is 1. The van der Waals surface area contributed by atoms with Gasteiger partial charge in [-0.25, -0.2) is 4.98 Å². The quantitative estimate of drug-likeness (QED) is 0.910. The van der Waals surface area contributed by atoms with Crippen LogP contribution in [0.5, 0.6) is 0 Å². The van der Waals surface area contributed by atoms with Gasteiger partial charge in [0.25, 0.3) is 0 Å². The van der Waals surface area contributed by atoms with Crippen LogP contribution in [-0.4, -0.2) is 38.5 Å². The Balaban J connectivity index is 1.84. The molecule has 1 fully saturated rings. The zero-order valence-corrected chi connectivity index (χ0v) is 12.8. The lowest BCUT2D eigenvalue weighted by Gasteiger charge is -2.49. The zero-order valence-electron chi connectivity index (χ0n) is 12.8. The third-order valence-electron chi connectivity index (χ3n) is 4.21. The van der Waals surface area contributed by atoms with Crippen molar-refractivity contribution in [2.45, 2.75) is 45.3 Å². The van der Waals surface area contributed by atoms with E-state index in [-0.39, 0.29) is 11.1 Å². The summed E-state index contributed by atoms with van der Waals surface area (Å²) in [6.07, 6.45) is 4.19. The molecule has 0 unspecified atom stereocenters. The Labute approximate surface area is 120 Å². The van der Waals surface area contributed by atoms with E-state index in [9.17, 15) is 0 Å². The number of nitrogens with one attached hydrogen (secondary N) is 1. The average Bonchev–Trinajstić information content (AvgIpc) is 2.76. The Hall–Kier alpha value is -1.39. The van der Waals surface area contributed by atoms with Crippen molar-refractivity contribution in [1.82, 2.24) is 19.6 Å². The van der Waals surface area contributed by atoms with Crippen LogP contribution >= 0.6 is 0 Å². The van der Waals surface area contributed by atoms with Gasteiger partial charge in [0.1, 0.15) is 5.65 Å². The maximum Gasteiger partial charge on any atom is 0.137 e. The van der Waals surface area contributed by atoms with Gasteiger partial charge in [0, 0.05) is 43.1 Å². The van der Waals surface area contributed by atoms with E-state index in [1.54, 1.807) is 0 Å². The minimum absolute atomic E-state index is 0.158. The van der Waals surface area contributed by atoms with Crippen molar-refractivity contribution in [1.29, 1.82) is 0 Å². The molecule has 4 nitrogen and oxygen atoms in total. The van der Waals surface area contributed by atoms with Crippen LogP contribution in [0.4, 0.5) is 0 Å². The van der Waals surface area contributed by atoms with Crippen LogP contribution in [0.15, 0.2) is 30.6 Å². The lowest BCUT2D eigenvalue weighted by Crippen LogP contribution is -2.65. The highest BCUT2D eigenvalue weighted by Gasteiger charge is 2.37. The number of imidazole rings is 1. The van der Waals surface area contributed by atoms with Gasteiger partial charge in [-0.1, -0.05) is 6.07 Å². The van der Waals surface area contributed by atoms with Gasteiger partial charge >= 0.3 is 0 Å². The molecule has 0 spiro atoms. The van der Waals surface area contributed by atoms with Crippen molar-refractivity contribution < 1.29 is 0 Å². The molecule has 108 valence electrons. The highest BCUT2D eigenvalue weighted by atomic mass is 15.3. The zero-order chi connectivity index (χ0) is 14.4.